The normalized spacial score (nSPS) is 10.2. The number of hydrogen-bond donors (Lipinski definition) is 1. The first-order valence-corrected chi connectivity index (χ1v) is 6.14. The maximum Gasteiger partial charge on any atom is 0.332 e. The van der Waals surface area contributed by atoms with Crippen LogP contribution in [-0.4, -0.2) is 21.0 Å². The summed E-state index contributed by atoms with van der Waals surface area (Å²) in [5, 5.41) is 13.9. The Morgan fingerprint density at radius 1 is 1.45 bits per heavy atom. The van der Waals surface area contributed by atoms with Crippen molar-refractivity contribution in [1.82, 2.24) is 9.55 Å². The Hall–Kier alpha value is -2.70. The maximum absolute atomic E-state index is 11.4. The fourth-order valence-electron chi connectivity index (χ4n) is 1.84. The predicted molar refractivity (Wildman–Crippen MR) is 74.9 cm³/mol. The molecule has 1 N–H and O–H groups in total. The third kappa shape index (κ3) is 3.00. The second kappa shape index (κ2) is 5.96. The van der Waals surface area contributed by atoms with Crippen LogP contribution in [0.1, 0.15) is 12.5 Å². The molecular weight excluding hydrogens is 260 g/mol. The van der Waals surface area contributed by atoms with Crippen LogP contribution in [0.3, 0.4) is 0 Å². The van der Waals surface area contributed by atoms with E-state index in [-0.39, 0.29) is 0 Å². The van der Waals surface area contributed by atoms with E-state index >= 15 is 0 Å². The van der Waals surface area contributed by atoms with Gasteiger partial charge in [-0.2, -0.15) is 0 Å². The van der Waals surface area contributed by atoms with Gasteiger partial charge in [-0.15, -0.1) is 0 Å². The van der Waals surface area contributed by atoms with E-state index in [1.807, 2.05) is 13.0 Å². The van der Waals surface area contributed by atoms with Gasteiger partial charge in [-0.3, -0.25) is 14.9 Å². The van der Waals surface area contributed by atoms with E-state index in [2.05, 4.69) is 10.3 Å². The molecule has 104 valence electrons. The SMILES string of the molecule is CCNc1ncccc1Cn1ccc(=O)c([N+](=O)[O-])c1. The van der Waals surface area contributed by atoms with E-state index in [4.69, 9.17) is 0 Å². The molecule has 2 heterocycles. The Morgan fingerprint density at radius 2 is 2.25 bits per heavy atom. The second-order valence-corrected chi connectivity index (χ2v) is 4.17. The maximum atomic E-state index is 11.4. The van der Waals surface area contributed by atoms with Crippen LogP contribution in [0, 0.1) is 10.1 Å². The van der Waals surface area contributed by atoms with Gasteiger partial charge < -0.3 is 9.88 Å². The Labute approximate surface area is 115 Å². The molecule has 0 bridgehead atoms. The summed E-state index contributed by atoms with van der Waals surface area (Å²) in [4.78, 5) is 25.7. The molecule has 0 aliphatic carbocycles. The van der Waals surface area contributed by atoms with Gasteiger partial charge in [-0.25, -0.2) is 4.98 Å². The van der Waals surface area contributed by atoms with Crippen molar-refractivity contribution in [3.05, 3.63) is 62.7 Å². The monoisotopic (exact) mass is 274 g/mol. The molecule has 0 atom stereocenters. The molecule has 0 aromatic carbocycles. The number of anilines is 1. The Morgan fingerprint density at radius 3 is 2.95 bits per heavy atom. The van der Waals surface area contributed by atoms with E-state index in [1.54, 1.807) is 16.8 Å². The minimum absolute atomic E-state index is 0.400. The Balaban J connectivity index is 2.33. The van der Waals surface area contributed by atoms with Crippen molar-refractivity contribution in [2.75, 3.05) is 11.9 Å². The molecule has 7 nitrogen and oxygen atoms in total. The highest BCUT2D eigenvalue weighted by atomic mass is 16.6. The summed E-state index contributed by atoms with van der Waals surface area (Å²) in [6, 6.07) is 4.88. The molecule has 0 unspecified atom stereocenters. The molecule has 2 aromatic rings. The van der Waals surface area contributed by atoms with E-state index < -0.39 is 16.0 Å². The van der Waals surface area contributed by atoms with Gasteiger partial charge in [0, 0.05) is 30.6 Å². The first kappa shape index (κ1) is 13.7. The lowest BCUT2D eigenvalue weighted by Gasteiger charge is -2.11. The summed E-state index contributed by atoms with van der Waals surface area (Å²) in [5.74, 6) is 0.733. The van der Waals surface area contributed by atoms with Crippen molar-refractivity contribution in [2.45, 2.75) is 13.5 Å². The van der Waals surface area contributed by atoms with Crippen molar-refractivity contribution in [3.8, 4) is 0 Å². The zero-order chi connectivity index (χ0) is 14.5. The van der Waals surface area contributed by atoms with Crippen LogP contribution in [0.15, 0.2) is 41.6 Å². The van der Waals surface area contributed by atoms with Gasteiger partial charge in [-0.1, -0.05) is 6.07 Å². The number of hydrogen-bond acceptors (Lipinski definition) is 5. The Bertz CT molecular complexity index is 681. The second-order valence-electron chi connectivity index (χ2n) is 4.17. The highest BCUT2D eigenvalue weighted by Crippen LogP contribution is 2.13. The van der Waals surface area contributed by atoms with Crippen LogP contribution in [0.2, 0.25) is 0 Å². The zero-order valence-electron chi connectivity index (χ0n) is 10.9. The Kier molecular flexibility index (Phi) is 4.09. The largest absolute Gasteiger partial charge is 0.370 e. The van der Waals surface area contributed by atoms with Crippen molar-refractivity contribution in [3.63, 3.8) is 0 Å². The number of nitrogens with one attached hydrogen (secondary N) is 1. The summed E-state index contributed by atoms with van der Waals surface area (Å²) in [6.07, 6.45) is 4.44. The third-order valence-electron chi connectivity index (χ3n) is 2.74. The number of nitrogens with zero attached hydrogens (tertiary/aromatic N) is 3. The minimum atomic E-state index is -0.673. The van der Waals surface area contributed by atoms with Gasteiger partial charge in [0.2, 0.25) is 0 Å². The summed E-state index contributed by atoms with van der Waals surface area (Å²) in [6.45, 7) is 3.09. The van der Waals surface area contributed by atoms with Crippen molar-refractivity contribution in [2.24, 2.45) is 0 Å². The van der Waals surface area contributed by atoms with Crippen LogP contribution in [0.4, 0.5) is 11.5 Å². The highest BCUT2D eigenvalue weighted by molar-refractivity contribution is 5.43. The molecule has 20 heavy (non-hydrogen) atoms. The van der Waals surface area contributed by atoms with Crippen LogP contribution in [0.25, 0.3) is 0 Å². The van der Waals surface area contributed by atoms with Gasteiger partial charge in [0.15, 0.2) is 0 Å². The van der Waals surface area contributed by atoms with E-state index in [0.717, 1.165) is 17.9 Å². The lowest BCUT2D eigenvalue weighted by Crippen LogP contribution is -2.12. The highest BCUT2D eigenvalue weighted by Gasteiger charge is 2.12. The smallest absolute Gasteiger partial charge is 0.332 e. The summed E-state index contributed by atoms with van der Waals surface area (Å²) < 4.78 is 1.59. The summed E-state index contributed by atoms with van der Waals surface area (Å²) in [5.41, 5.74) is -0.127. The molecule has 2 rings (SSSR count). The zero-order valence-corrected chi connectivity index (χ0v) is 10.9. The minimum Gasteiger partial charge on any atom is -0.370 e. The van der Waals surface area contributed by atoms with Gasteiger partial charge in [0.1, 0.15) is 5.82 Å². The number of rotatable bonds is 5. The van der Waals surface area contributed by atoms with E-state index in [9.17, 15) is 14.9 Å². The standard InChI is InChI=1S/C13H14N4O3/c1-2-14-13-10(4-3-6-15-13)8-16-7-5-12(18)11(9-16)17(19)20/h3-7,9H,2,8H2,1H3,(H,14,15). The van der Waals surface area contributed by atoms with Crippen LogP contribution >= 0.6 is 0 Å². The molecule has 0 fully saturated rings. The van der Waals surface area contributed by atoms with Crippen LogP contribution in [0.5, 0.6) is 0 Å². The fourth-order valence-corrected chi connectivity index (χ4v) is 1.84. The molecule has 0 spiro atoms. The molecule has 0 saturated heterocycles. The quantitative estimate of drug-likeness (QED) is 0.661. The molecule has 7 heteroatoms. The topological polar surface area (TPSA) is 90.1 Å². The van der Waals surface area contributed by atoms with E-state index in [0.29, 0.717) is 6.54 Å². The molecule has 2 aromatic heterocycles. The van der Waals surface area contributed by atoms with Crippen molar-refractivity contribution in [1.29, 1.82) is 0 Å². The molecular formula is C13H14N4O3. The number of pyridine rings is 2. The molecule has 0 aliphatic rings. The molecule has 0 amide bonds. The van der Waals surface area contributed by atoms with Gasteiger partial charge >= 0.3 is 5.69 Å². The third-order valence-corrected chi connectivity index (χ3v) is 2.74. The first-order valence-electron chi connectivity index (χ1n) is 6.14. The molecule has 0 aliphatic heterocycles. The number of nitro groups is 1. The average Bonchev–Trinajstić information content (AvgIpc) is 2.43. The van der Waals surface area contributed by atoms with Gasteiger partial charge in [-0.05, 0) is 13.0 Å². The van der Waals surface area contributed by atoms with Crippen molar-refractivity contribution < 1.29 is 4.92 Å². The molecule has 0 saturated carbocycles. The van der Waals surface area contributed by atoms with Crippen LogP contribution < -0.4 is 10.7 Å². The predicted octanol–water partition coefficient (Wildman–Crippen LogP) is 1.63. The van der Waals surface area contributed by atoms with Crippen molar-refractivity contribution >= 4 is 11.5 Å². The average molecular weight is 274 g/mol. The van der Waals surface area contributed by atoms with Gasteiger partial charge in [0.05, 0.1) is 17.7 Å². The van der Waals surface area contributed by atoms with Gasteiger partial charge in [0.25, 0.3) is 5.43 Å². The lowest BCUT2D eigenvalue weighted by atomic mass is 10.2. The van der Waals surface area contributed by atoms with E-state index in [1.165, 1.54) is 18.5 Å². The lowest BCUT2D eigenvalue weighted by molar-refractivity contribution is -0.386. The number of aromatic nitrogens is 2. The van der Waals surface area contributed by atoms with Crippen LogP contribution in [-0.2, 0) is 6.54 Å². The summed E-state index contributed by atoms with van der Waals surface area (Å²) >= 11 is 0. The fraction of sp³-hybridized carbons (Fsp3) is 0.231. The first-order chi connectivity index (χ1) is 9.61. The summed E-state index contributed by atoms with van der Waals surface area (Å²) in [7, 11) is 0. The molecule has 0 radical (unpaired) electrons.